The van der Waals surface area contributed by atoms with E-state index in [1.807, 2.05) is 72.8 Å². The molecule has 0 bridgehead atoms. The van der Waals surface area contributed by atoms with Gasteiger partial charge < -0.3 is 16.0 Å². The molecule has 0 atom stereocenters. The van der Waals surface area contributed by atoms with Crippen LogP contribution in [0.4, 0.5) is 17.1 Å². The second-order valence-corrected chi connectivity index (χ2v) is 8.84. The number of hydrogen-bond donors (Lipinski definition) is 3. The molecule has 36 heavy (non-hydrogen) atoms. The van der Waals surface area contributed by atoms with Crippen molar-refractivity contribution in [3.8, 4) is 0 Å². The van der Waals surface area contributed by atoms with E-state index in [4.69, 9.17) is 0 Å². The van der Waals surface area contributed by atoms with E-state index in [1.165, 1.54) is 11.1 Å². The average Bonchev–Trinajstić information content (AvgIpc) is 2.89. The maximum Gasteiger partial charge on any atom is 0.228 e. The first-order valence-electron chi connectivity index (χ1n) is 12.6. The molecule has 188 valence electrons. The lowest BCUT2D eigenvalue weighted by molar-refractivity contribution is -0.127. The van der Waals surface area contributed by atoms with Crippen LogP contribution < -0.4 is 16.0 Å². The van der Waals surface area contributed by atoms with E-state index in [-0.39, 0.29) is 30.6 Å². The predicted octanol–water partition coefficient (Wildman–Crippen LogP) is 5.99. The molecule has 3 rings (SSSR count). The van der Waals surface area contributed by atoms with Crippen molar-refractivity contribution >= 4 is 34.8 Å². The maximum atomic E-state index is 13.1. The minimum atomic E-state index is -0.833. The molecule has 6 nitrogen and oxygen atoms in total. The van der Waals surface area contributed by atoms with Crippen LogP contribution >= 0.6 is 0 Å². The van der Waals surface area contributed by atoms with Crippen LogP contribution in [0.5, 0.6) is 0 Å². The molecule has 0 saturated carbocycles. The van der Waals surface area contributed by atoms with Crippen LogP contribution in [0.3, 0.4) is 0 Å². The molecular weight excluding hydrogens is 450 g/mol. The van der Waals surface area contributed by atoms with Crippen LogP contribution in [0.2, 0.25) is 0 Å². The molecule has 0 unspecified atom stereocenters. The van der Waals surface area contributed by atoms with Gasteiger partial charge in [-0.25, -0.2) is 0 Å². The van der Waals surface area contributed by atoms with Crippen LogP contribution in [-0.4, -0.2) is 17.7 Å². The normalized spacial score (nSPS) is 10.7. The Labute approximate surface area is 213 Å². The molecule has 6 heteroatoms. The van der Waals surface area contributed by atoms with Crippen molar-refractivity contribution in [3.05, 3.63) is 89.5 Å². The smallest absolute Gasteiger partial charge is 0.228 e. The Morgan fingerprint density at radius 1 is 0.528 bits per heavy atom. The second kappa shape index (κ2) is 13.2. The Morgan fingerprint density at radius 3 is 1.14 bits per heavy atom. The molecular formula is C30H35N3O3. The number of amides is 3. The Balaban J connectivity index is 1.69. The van der Waals surface area contributed by atoms with E-state index in [0.29, 0.717) is 17.1 Å². The van der Waals surface area contributed by atoms with Gasteiger partial charge in [-0.3, -0.25) is 14.4 Å². The largest absolute Gasteiger partial charge is 0.326 e. The Hall–Kier alpha value is -3.93. The molecule has 0 saturated heterocycles. The molecule has 3 aromatic rings. The zero-order chi connectivity index (χ0) is 25.9. The SMILES string of the molecule is CCc1ccc(NC(=O)CC(CC(=O)Nc2ccc(CC)cc2)C(=O)Nc2ccc(CC)cc2)cc1. The lowest BCUT2D eigenvalue weighted by Gasteiger charge is -2.17. The van der Waals surface area contributed by atoms with Crippen LogP contribution in [0.1, 0.15) is 50.3 Å². The van der Waals surface area contributed by atoms with Crippen LogP contribution in [0.15, 0.2) is 72.8 Å². The van der Waals surface area contributed by atoms with Crippen molar-refractivity contribution < 1.29 is 14.4 Å². The summed E-state index contributed by atoms with van der Waals surface area (Å²) in [4.78, 5) is 38.7. The second-order valence-electron chi connectivity index (χ2n) is 8.84. The molecule has 0 spiro atoms. The Morgan fingerprint density at radius 2 is 0.833 bits per heavy atom. The Kier molecular flexibility index (Phi) is 9.81. The number of benzene rings is 3. The molecule has 0 heterocycles. The highest BCUT2D eigenvalue weighted by molar-refractivity contribution is 6.01. The lowest BCUT2D eigenvalue weighted by Crippen LogP contribution is -2.31. The number of nitrogens with one attached hydrogen (secondary N) is 3. The number of aryl methyl sites for hydroxylation is 3. The monoisotopic (exact) mass is 485 g/mol. The van der Waals surface area contributed by atoms with Crippen LogP contribution in [0, 0.1) is 5.92 Å². The van der Waals surface area contributed by atoms with Gasteiger partial charge in [0, 0.05) is 29.9 Å². The summed E-state index contributed by atoms with van der Waals surface area (Å²) in [6.45, 7) is 6.19. The molecule has 3 aromatic carbocycles. The van der Waals surface area contributed by atoms with Gasteiger partial charge in [0.25, 0.3) is 0 Å². The summed E-state index contributed by atoms with van der Waals surface area (Å²) in [7, 11) is 0. The van der Waals surface area contributed by atoms with Crippen molar-refractivity contribution in [2.24, 2.45) is 5.92 Å². The molecule has 0 radical (unpaired) electrons. The quantitative estimate of drug-likeness (QED) is 0.312. The van der Waals surface area contributed by atoms with Crippen molar-refractivity contribution in [3.63, 3.8) is 0 Å². The fraction of sp³-hybridized carbons (Fsp3) is 0.300. The summed E-state index contributed by atoms with van der Waals surface area (Å²) in [6, 6.07) is 22.7. The summed E-state index contributed by atoms with van der Waals surface area (Å²) >= 11 is 0. The first-order chi connectivity index (χ1) is 17.4. The van der Waals surface area contributed by atoms with Gasteiger partial charge in [0.1, 0.15) is 0 Å². The minimum Gasteiger partial charge on any atom is -0.326 e. The highest BCUT2D eigenvalue weighted by Crippen LogP contribution is 2.19. The van der Waals surface area contributed by atoms with Gasteiger partial charge in [0.2, 0.25) is 17.7 Å². The number of anilines is 3. The summed E-state index contributed by atoms with van der Waals surface area (Å²) in [5, 5.41) is 8.55. The van der Waals surface area contributed by atoms with Crippen LogP contribution in [-0.2, 0) is 33.6 Å². The minimum absolute atomic E-state index is 0.114. The zero-order valence-corrected chi connectivity index (χ0v) is 21.3. The van der Waals surface area contributed by atoms with E-state index in [9.17, 15) is 14.4 Å². The van der Waals surface area contributed by atoms with Gasteiger partial charge in [0.05, 0.1) is 5.92 Å². The molecule has 3 N–H and O–H groups in total. The van der Waals surface area contributed by atoms with Crippen molar-refractivity contribution in [2.45, 2.75) is 52.9 Å². The van der Waals surface area contributed by atoms with Gasteiger partial charge >= 0.3 is 0 Å². The Bertz CT molecular complexity index is 1090. The van der Waals surface area contributed by atoms with E-state index < -0.39 is 5.92 Å². The third-order valence-corrected chi connectivity index (χ3v) is 6.16. The van der Waals surface area contributed by atoms with Gasteiger partial charge in [-0.15, -0.1) is 0 Å². The average molecular weight is 486 g/mol. The van der Waals surface area contributed by atoms with Gasteiger partial charge in [-0.05, 0) is 72.4 Å². The van der Waals surface area contributed by atoms with E-state index in [0.717, 1.165) is 24.8 Å². The molecule has 0 fully saturated rings. The molecule has 0 aliphatic heterocycles. The first kappa shape index (κ1) is 26.7. The fourth-order valence-corrected chi connectivity index (χ4v) is 3.84. The summed E-state index contributed by atoms with van der Waals surface area (Å²) in [6.07, 6.45) is 2.49. The summed E-state index contributed by atoms with van der Waals surface area (Å²) in [5.41, 5.74) is 5.45. The van der Waals surface area contributed by atoms with Crippen molar-refractivity contribution in [1.29, 1.82) is 0 Å². The zero-order valence-electron chi connectivity index (χ0n) is 21.3. The van der Waals surface area contributed by atoms with Crippen molar-refractivity contribution in [2.75, 3.05) is 16.0 Å². The highest BCUT2D eigenvalue weighted by atomic mass is 16.2. The maximum absolute atomic E-state index is 13.1. The molecule has 0 aliphatic rings. The fourth-order valence-electron chi connectivity index (χ4n) is 3.84. The number of carbonyl (C=O) groups excluding carboxylic acids is 3. The van der Waals surface area contributed by atoms with Gasteiger partial charge in [-0.1, -0.05) is 57.2 Å². The van der Waals surface area contributed by atoms with E-state index in [1.54, 1.807) is 0 Å². The highest BCUT2D eigenvalue weighted by Gasteiger charge is 2.25. The molecule has 3 amide bonds. The van der Waals surface area contributed by atoms with E-state index >= 15 is 0 Å². The van der Waals surface area contributed by atoms with Crippen molar-refractivity contribution in [1.82, 2.24) is 0 Å². The number of rotatable bonds is 11. The number of carbonyl (C=O) groups is 3. The predicted molar refractivity (Wildman–Crippen MR) is 146 cm³/mol. The standard InChI is InChI=1S/C30H35N3O3/c1-4-21-7-13-25(14-8-21)31-28(34)19-24(30(36)33-27-17-11-23(6-3)12-18-27)20-29(35)32-26-15-9-22(5-2)10-16-26/h7-18,24H,4-6,19-20H2,1-3H3,(H,31,34)(H,32,35)(H,33,36). The first-order valence-corrected chi connectivity index (χ1v) is 12.6. The number of hydrogen-bond acceptors (Lipinski definition) is 3. The summed E-state index contributed by atoms with van der Waals surface area (Å²) in [5.74, 6) is -1.84. The summed E-state index contributed by atoms with van der Waals surface area (Å²) < 4.78 is 0. The lowest BCUT2D eigenvalue weighted by atomic mass is 9.98. The third-order valence-electron chi connectivity index (χ3n) is 6.16. The third kappa shape index (κ3) is 8.08. The molecule has 0 aromatic heterocycles. The van der Waals surface area contributed by atoms with Gasteiger partial charge in [-0.2, -0.15) is 0 Å². The van der Waals surface area contributed by atoms with Gasteiger partial charge in [0.15, 0.2) is 0 Å². The topological polar surface area (TPSA) is 87.3 Å². The van der Waals surface area contributed by atoms with Crippen LogP contribution in [0.25, 0.3) is 0 Å². The molecule has 0 aliphatic carbocycles. The van der Waals surface area contributed by atoms with E-state index in [2.05, 4.69) is 36.7 Å².